The minimum atomic E-state index is -4.40. The van der Waals surface area contributed by atoms with Crippen LogP contribution in [-0.2, 0) is 19.0 Å². The summed E-state index contributed by atoms with van der Waals surface area (Å²) in [7, 11) is 0. The van der Waals surface area contributed by atoms with Gasteiger partial charge in [0.1, 0.15) is 11.5 Å². The van der Waals surface area contributed by atoms with Crippen LogP contribution in [0.3, 0.4) is 0 Å². The predicted octanol–water partition coefficient (Wildman–Crippen LogP) is 6.32. The topological polar surface area (TPSA) is 53.4 Å². The summed E-state index contributed by atoms with van der Waals surface area (Å²) < 4.78 is 39.4. The average Bonchev–Trinajstić information content (AvgIpc) is 3.29. The standard InChI is InChI=1S/C26H16F3NO2/c27-26(28,29)16-5-1-13(2-6-16)23-21-9-14-3-7-17(31)11-19(14)24(21)30-25-20-12-18(32)8-4-15(20)10-22(23)25/h1-8,11-12,31-32H,9-10H2. The van der Waals surface area contributed by atoms with E-state index in [2.05, 4.69) is 0 Å². The largest absolute Gasteiger partial charge is 0.508 e. The van der Waals surface area contributed by atoms with Gasteiger partial charge in [-0.2, -0.15) is 13.2 Å². The summed E-state index contributed by atoms with van der Waals surface area (Å²) in [5.41, 5.74) is 7.89. The molecule has 3 nitrogen and oxygen atoms in total. The Balaban J connectivity index is 1.63. The van der Waals surface area contributed by atoms with E-state index < -0.39 is 11.7 Å². The second-order valence-corrected chi connectivity index (χ2v) is 8.25. The Kier molecular flexibility index (Phi) is 3.76. The normalized spacial score (nSPS) is 13.5. The van der Waals surface area contributed by atoms with Crippen molar-refractivity contribution in [2.24, 2.45) is 0 Å². The molecule has 2 aliphatic carbocycles. The maximum absolute atomic E-state index is 13.1. The van der Waals surface area contributed by atoms with Crippen molar-refractivity contribution < 1.29 is 23.4 Å². The highest BCUT2D eigenvalue weighted by atomic mass is 19.4. The third kappa shape index (κ3) is 2.72. The molecule has 0 saturated heterocycles. The number of alkyl halides is 3. The van der Waals surface area contributed by atoms with E-state index in [4.69, 9.17) is 4.98 Å². The molecule has 0 fully saturated rings. The van der Waals surface area contributed by atoms with Gasteiger partial charge < -0.3 is 10.2 Å². The van der Waals surface area contributed by atoms with E-state index in [-0.39, 0.29) is 11.5 Å². The number of halogens is 3. The summed E-state index contributed by atoms with van der Waals surface area (Å²) in [5.74, 6) is 0.265. The lowest BCUT2D eigenvalue weighted by Crippen LogP contribution is -2.04. The first-order valence-electron chi connectivity index (χ1n) is 10.2. The summed E-state index contributed by atoms with van der Waals surface area (Å²) in [6, 6.07) is 15.6. The Labute approximate surface area is 181 Å². The van der Waals surface area contributed by atoms with Crippen molar-refractivity contribution in [2.75, 3.05) is 0 Å². The maximum Gasteiger partial charge on any atom is 0.416 e. The van der Waals surface area contributed by atoms with Gasteiger partial charge in [-0.3, -0.25) is 0 Å². The zero-order valence-electron chi connectivity index (χ0n) is 16.7. The molecule has 3 aromatic carbocycles. The fourth-order valence-electron chi connectivity index (χ4n) is 4.89. The zero-order valence-corrected chi connectivity index (χ0v) is 16.7. The van der Waals surface area contributed by atoms with Crippen LogP contribution in [0.5, 0.6) is 11.5 Å². The van der Waals surface area contributed by atoms with Gasteiger partial charge in [-0.15, -0.1) is 0 Å². The van der Waals surface area contributed by atoms with E-state index >= 15 is 0 Å². The highest BCUT2D eigenvalue weighted by Crippen LogP contribution is 2.49. The second kappa shape index (κ2) is 6.36. The molecule has 1 aromatic heterocycles. The van der Waals surface area contributed by atoms with Crippen molar-refractivity contribution in [2.45, 2.75) is 19.0 Å². The fraction of sp³-hybridized carbons (Fsp3) is 0.115. The number of phenolic OH excluding ortho intramolecular Hbond substituents is 2. The lowest BCUT2D eigenvalue weighted by atomic mass is 9.91. The summed E-state index contributed by atoms with van der Waals surface area (Å²) in [6.07, 6.45) is -3.23. The Morgan fingerprint density at radius 1 is 0.688 bits per heavy atom. The van der Waals surface area contributed by atoms with Crippen LogP contribution in [-0.4, -0.2) is 15.2 Å². The van der Waals surface area contributed by atoms with Gasteiger partial charge in [-0.05, 0) is 69.8 Å². The highest BCUT2D eigenvalue weighted by molar-refractivity contribution is 5.91. The van der Waals surface area contributed by atoms with Crippen LogP contribution in [0, 0.1) is 0 Å². The maximum atomic E-state index is 13.1. The third-order valence-electron chi connectivity index (χ3n) is 6.33. The molecule has 0 amide bonds. The number of rotatable bonds is 1. The Bertz CT molecular complexity index is 1350. The van der Waals surface area contributed by atoms with Crippen LogP contribution in [0.2, 0.25) is 0 Å². The van der Waals surface area contributed by atoms with Crippen LogP contribution >= 0.6 is 0 Å². The van der Waals surface area contributed by atoms with Gasteiger partial charge in [0, 0.05) is 24.0 Å². The molecular weight excluding hydrogens is 415 g/mol. The quantitative estimate of drug-likeness (QED) is 0.320. The minimum Gasteiger partial charge on any atom is -0.508 e. The van der Waals surface area contributed by atoms with E-state index in [1.54, 1.807) is 24.3 Å². The van der Waals surface area contributed by atoms with Crippen LogP contribution in [0.15, 0.2) is 60.7 Å². The average molecular weight is 431 g/mol. The molecule has 0 aliphatic heterocycles. The number of pyridine rings is 1. The molecule has 0 atom stereocenters. The number of hydrogen-bond acceptors (Lipinski definition) is 3. The molecule has 0 unspecified atom stereocenters. The molecule has 2 N–H and O–H groups in total. The van der Waals surface area contributed by atoms with Gasteiger partial charge in [0.2, 0.25) is 0 Å². The van der Waals surface area contributed by atoms with Gasteiger partial charge in [0.05, 0.1) is 17.0 Å². The van der Waals surface area contributed by atoms with E-state index in [1.165, 1.54) is 12.1 Å². The fourth-order valence-corrected chi connectivity index (χ4v) is 4.89. The summed E-state index contributed by atoms with van der Waals surface area (Å²) >= 11 is 0. The van der Waals surface area contributed by atoms with Crippen LogP contribution < -0.4 is 0 Å². The zero-order chi connectivity index (χ0) is 22.2. The molecule has 6 rings (SSSR count). The lowest BCUT2D eigenvalue weighted by Gasteiger charge is -2.16. The van der Waals surface area contributed by atoms with Gasteiger partial charge in [0.25, 0.3) is 0 Å². The molecule has 4 aromatic rings. The third-order valence-corrected chi connectivity index (χ3v) is 6.33. The van der Waals surface area contributed by atoms with Crippen LogP contribution in [0.25, 0.3) is 33.6 Å². The first kappa shape index (κ1) is 18.9. The monoisotopic (exact) mass is 431 g/mol. The Morgan fingerprint density at radius 2 is 1.19 bits per heavy atom. The summed E-state index contributed by atoms with van der Waals surface area (Å²) in [5, 5.41) is 20.1. The van der Waals surface area contributed by atoms with Crippen molar-refractivity contribution in [1.29, 1.82) is 0 Å². The number of hydrogen-bond donors (Lipinski definition) is 2. The van der Waals surface area contributed by atoms with Crippen molar-refractivity contribution in [3.8, 4) is 45.1 Å². The Hall–Kier alpha value is -3.80. The SMILES string of the molecule is Oc1ccc2c(c1)-c1nc3c(c(-c4ccc(C(F)(F)F)cc4)c1C2)Cc1ccc(O)cc1-3. The molecule has 0 radical (unpaired) electrons. The first-order chi connectivity index (χ1) is 15.3. The lowest BCUT2D eigenvalue weighted by molar-refractivity contribution is -0.137. The van der Waals surface area contributed by atoms with Gasteiger partial charge in [-0.25, -0.2) is 4.98 Å². The number of phenols is 2. The van der Waals surface area contributed by atoms with Gasteiger partial charge in [-0.1, -0.05) is 24.3 Å². The van der Waals surface area contributed by atoms with Crippen molar-refractivity contribution in [1.82, 2.24) is 4.98 Å². The number of aromatic nitrogens is 1. The van der Waals surface area contributed by atoms with Crippen molar-refractivity contribution in [3.63, 3.8) is 0 Å². The number of fused-ring (bicyclic) bond motifs is 6. The molecule has 158 valence electrons. The molecule has 32 heavy (non-hydrogen) atoms. The predicted molar refractivity (Wildman–Crippen MR) is 114 cm³/mol. The van der Waals surface area contributed by atoms with E-state index in [9.17, 15) is 23.4 Å². The second-order valence-electron chi connectivity index (χ2n) is 8.25. The molecule has 0 bridgehead atoms. The molecular formula is C26H16F3NO2. The first-order valence-corrected chi connectivity index (χ1v) is 10.2. The molecule has 2 aliphatic rings. The van der Waals surface area contributed by atoms with Gasteiger partial charge in [0.15, 0.2) is 0 Å². The number of nitrogens with zero attached hydrogens (tertiary/aromatic N) is 1. The molecule has 0 spiro atoms. The van der Waals surface area contributed by atoms with Gasteiger partial charge >= 0.3 is 6.18 Å². The van der Waals surface area contributed by atoms with Crippen LogP contribution in [0.1, 0.15) is 27.8 Å². The van der Waals surface area contributed by atoms with Crippen LogP contribution in [0.4, 0.5) is 13.2 Å². The van der Waals surface area contributed by atoms with Crippen molar-refractivity contribution >= 4 is 0 Å². The summed E-state index contributed by atoms with van der Waals surface area (Å²) in [6.45, 7) is 0. The molecule has 6 heteroatoms. The highest BCUT2D eigenvalue weighted by Gasteiger charge is 2.33. The van der Waals surface area contributed by atoms with E-state index in [0.29, 0.717) is 18.4 Å². The Morgan fingerprint density at radius 3 is 1.66 bits per heavy atom. The molecule has 1 heterocycles. The summed E-state index contributed by atoms with van der Waals surface area (Å²) in [4.78, 5) is 4.94. The molecule has 0 saturated carbocycles. The minimum absolute atomic E-state index is 0.132. The number of aromatic hydroxyl groups is 2. The van der Waals surface area contributed by atoms with E-state index in [0.717, 1.165) is 62.5 Å². The van der Waals surface area contributed by atoms with E-state index in [1.807, 2.05) is 12.1 Å². The smallest absolute Gasteiger partial charge is 0.416 e. The van der Waals surface area contributed by atoms with Crippen molar-refractivity contribution in [3.05, 3.63) is 88.5 Å². The number of benzene rings is 3.